The van der Waals surface area contributed by atoms with Crippen molar-refractivity contribution in [3.8, 4) is 0 Å². The van der Waals surface area contributed by atoms with Crippen molar-refractivity contribution in [2.45, 2.75) is 19.0 Å². The van der Waals surface area contributed by atoms with Gasteiger partial charge in [0.15, 0.2) is 0 Å². The summed E-state index contributed by atoms with van der Waals surface area (Å²) in [5.41, 5.74) is -0.234. The van der Waals surface area contributed by atoms with Crippen molar-refractivity contribution in [3.05, 3.63) is 23.8 Å². The number of anilines is 2. The van der Waals surface area contributed by atoms with Gasteiger partial charge in [-0.2, -0.15) is 13.2 Å². The maximum absolute atomic E-state index is 12.7. The van der Waals surface area contributed by atoms with E-state index in [9.17, 15) is 18.0 Å². The molecule has 0 bridgehead atoms. The summed E-state index contributed by atoms with van der Waals surface area (Å²) in [6.07, 6.45) is -2.78. The van der Waals surface area contributed by atoms with Gasteiger partial charge in [-0.25, -0.2) is 0 Å². The first-order chi connectivity index (χ1) is 8.82. The van der Waals surface area contributed by atoms with E-state index in [2.05, 4.69) is 5.32 Å². The summed E-state index contributed by atoms with van der Waals surface area (Å²) in [6, 6.07) is 3.42. The number of halogens is 3. The minimum atomic E-state index is -4.37. The third-order valence-corrected chi connectivity index (χ3v) is 3.86. The Balaban J connectivity index is 2.04. The quantitative estimate of drug-likeness (QED) is 0.786. The molecule has 3 nitrogen and oxygen atoms in total. The van der Waals surface area contributed by atoms with Gasteiger partial charge in [-0.05, 0) is 31.0 Å². The van der Waals surface area contributed by atoms with Crippen LogP contribution in [-0.4, -0.2) is 19.5 Å². The van der Waals surface area contributed by atoms with E-state index >= 15 is 0 Å². The van der Waals surface area contributed by atoms with Crippen LogP contribution in [0, 0.1) is 5.41 Å². The highest BCUT2D eigenvalue weighted by Gasteiger charge is 2.52. The van der Waals surface area contributed by atoms with Crippen molar-refractivity contribution in [1.29, 1.82) is 0 Å². The molecule has 102 valence electrons. The van der Waals surface area contributed by atoms with E-state index in [4.69, 9.17) is 0 Å². The molecule has 6 heteroatoms. The molecule has 1 fully saturated rings. The van der Waals surface area contributed by atoms with Gasteiger partial charge in [-0.3, -0.25) is 4.79 Å². The first kappa shape index (κ1) is 12.3. The van der Waals surface area contributed by atoms with Crippen molar-refractivity contribution >= 4 is 17.3 Å². The van der Waals surface area contributed by atoms with Crippen molar-refractivity contribution in [2.24, 2.45) is 5.41 Å². The highest BCUT2D eigenvalue weighted by molar-refractivity contribution is 6.01. The van der Waals surface area contributed by atoms with Gasteiger partial charge in [0.1, 0.15) is 0 Å². The van der Waals surface area contributed by atoms with E-state index in [1.54, 1.807) is 11.9 Å². The van der Waals surface area contributed by atoms with Gasteiger partial charge in [0.25, 0.3) is 0 Å². The predicted molar refractivity (Wildman–Crippen MR) is 65.0 cm³/mol. The Labute approximate surface area is 108 Å². The fourth-order valence-electron chi connectivity index (χ4n) is 2.53. The molecule has 1 N–H and O–H groups in total. The Bertz CT molecular complexity index is 549. The molecule has 1 aromatic rings. The van der Waals surface area contributed by atoms with Crippen LogP contribution in [0.5, 0.6) is 0 Å². The zero-order valence-electron chi connectivity index (χ0n) is 10.3. The van der Waals surface area contributed by atoms with Gasteiger partial charge in [-0.1, -0.05) is 0 Å². The van der Waals surface area contributed by atoms with Crippen LogP contribution >= 0.6 is 0 Å². The molecule has 0 saturated heterocycles. The first-order valence-electron chi connectivity index (χ1n) is 6.06. The number of nitrogens with one attached hydrogen (secondary N) is 1. The average Bonchev–Trinajstić information content (AvgIpc) is 3.09. The first-order valence-corrected chi connectivity index (χ1v) is 6.06. The molecular formula is C13H13F3N2O. The monoisotopic (exact) mass is 270 g/mol. The van der Waals surface area contributed by atoms with Gasteiger partial charge < -0.3 is 10.2 Å². The molecule has 1 aliphatic carbocycles. The molecule has 0 atom stereocenters. The van der Waals surface area contributed by atoms with Gasteiger partial charge in [0, 0.05) is 13.6 Å². The normalized spacial score (nSPS) is 20.8. The van der Waals surface area contributed by atoms with Gasteiger partial charge in [0.2, 0.25) is 5.91 Å². The fraction of sp³-hybridized carbons (Fsp3) is 0.462. The largest absolute Gasteiger partial charge is 0.416 e. The number of rotatable bonds is 0. The molecule has 2 aliphatic rings. The zero-order chi connectivity index (χ0) is 13.8. The van der Waals surface area contributed by atoms with Crippen LogP contribution in [-0.2, 0) is 11.0 Å². The number of fused-ring (bicyclic) bond motifs is 1. The summed E-state index contributed by atoms with van der Waals surface area (Å²) in [7, 11) is 1.72. The second-order valence-corrected chi connectivity index (χ2v) is 5.32. The average molecular weight is 270 g/mol. The van der Waals surface area contributed by atoms with E-state index in [0.29, 0.717) is 17.9 Å². The van der Waals surface area contributed by atoms with Gasteiger partial charge in [0.05, 0.1) is 22.4 Å². The number of hydrogen-bond acceptors (Lipinski definition) is 2. The van der Waals surface area contributed by atoms with Crippen molar-refractivity contribution < 1.29 is 18.0 Å². The molecule has 1 amide bonds. The molecule has 19 heavy (non-hydrogen) atoms. The molecule has 0 aromatic heterocycles. The number of carbonyl (C=O) groups excluding carboxylic acids is 1. The second-order valence-electron chi connectivity index (χ2n) is 5.32. The smallest absolute Gasteiger partial charge is 0.372 e. The maximum atomic E-state index is 12.7. The number of nitrogens with zero attached hydrogens (tertiary/aromatic N) is 1. The summed E-state index contributed by atoms with van der Waals surface area (Å²) in [4.78, 5) is 13.8. The highest BCUT2D eigenvalue weighted by Crippen LogP contribution is 2.50. The lowest BCUT2D eigenvalue weighted by atomic mass is 10.1. The molecule has 1 heterocycles. The number of hydrogen-bond donors (Lipinski definition) is 1. The van der Waals surface area contributed by atoms with Crippen molar-refractivity contribution in [2.75, 3.05) is 23.8 Å². The third-order valence-electron chi connectivity index (χ3n) is 3.86. The minimum Gasteiger partial charge on any atom is -0.372 e. The Morgan fingerprint density at radius 2 is 2.00 bits per heavy atom. The summed E-state index contributed by atoms with van der Waals surface area (Å²) >= 11 is 0. The standard InChI is InChI=1S/C13H13F3N2O/c1-18-7-12(4-5-12)11(19)17-9-3-2-8(6-10(9)18)13(14,15)16/h2-3,6H,4-5,7H2,1H3,(H,17,19). The Morgan fingerprint density at radius 3 is 2.58 bits per heavy atom. The van der Waals surface area contributed by atoms with Gasteiger partial charge in [-0.15, -0.1) is 0 Å². The molecule has 3 rings (SSSR count). The van der Waals surface area contributed by atoms with Crippen LogP contribution in [0.15, 0.2) is 18.2 Å². The molecule has 0 unspecified atom stereocenters. The van der Waals surface area contributed by atoms with Crippen LogP contribution in [0.4, 0.5) is 24.5 Å². The van der Waals surface area contributed by atoms with E-state index < -0.39 is 17.2 Å². The van der Waals surface area contributed by atoms with Crippen molar-refractivity contribution in [3.63, 3.8) is 0 Å². The minimum absolute atomic E-state index is 0.0853. The predicted octanol–water partition coefficient (Wildman–Crippen LogP) is 2.87. The third kappa shape index (κ3) is 1.95. The fourth-order valence-corrected chi connectivity index (χ4v) is 2.53. The number of carbonyl (C=O) groups is 1. The molecule has 1 aromatic carbocycles. The SMILES string of the molecule is CN1CC2(CC2)C(=O)Nc2ccc(C(F)(F)F)cc21. The van der Waals surface area contributed by atoms with Crippen molar-refractivity contribution in [1.82, 2.24) is 0 Å². The Hall–Kier alpha value is -1.72. The van der Waals surface area contributed by atoms with E-state index in [-0.39, 0.29) is 5.91 Å². The lowest BCUT2D eigenvalue weighted by Crippen LogP contribution is -2.31. The number of alkyl halides is 3. The summed E-state index contributed by atoms with van der Waals surface area (Å²) < 4.78 is 38.2. The Morgan fingerprint density at radius 1 is 1.32 bits per heavy atom. The van der Waals surface area contributed by atoms with Crippen LogP contribution in [0.25, 0.3) is 0 Å². The molecular weight excluding hydrogens is 257 g/mol. The zero-order valence-corrected chi connectivity index (χ0v) is 10.3. The lowest BCUT2D eigenvalue weighted by Gasteiger charge is -2.22. The van der Waals surface area contributed by atoms with Crippen LogP contribution in [0.1, 0.15) is 18.4 Å². The maximum Gasteiger partial charge on any atom is 0.416 e. The van der Waals surface area contributed by atoms with Crippen LogP contribution < -0.4 is 10.2 Å². The summed E-state index contributed by atoms with van der Waals surface area (Å²) in [6.45, 7) is 0.465. The molecule has 0 radical (unpaired) electrons. The lowest BCUT2D eigenvalue weighted by molar-refractivity contribution is -0.137. The number of amides is 1. The van der Waals surface area contributed by atoms with E-state index in [1.807, 2.05) is 0 Å². The topological polar surface area (TPSA) is 32.3 Å². The van der Waals surface area contributed by atoms with Gasteiger partial charge >= 0.3 is 6.18 Å². The van der Waals surface area contributed by atoms with E-state index in [1.165, 1.54) is 6.07 Å². The summed E-state index contributed by atoms with van der Waals surface area (Å²) in [5.74, 6) is -0.0853. The summed E-state index contributed by atoms with van der Waals surface area (Å²) in [5, 5.41) is 2.74. The number of benzene rings is 1. The van der Waals surface area contributed by atoms with Crippen LogP contribution in [0.2, 0.25) is 0 Å². The second kappa shape index (κ2) is 3.65. The van der Waals surface area contributed by atoms with E-state index in [0.717, 1.165) is 25.0 Å². The molecule has 1 aliphatic heterocycles. The molecule has 1 spiro atoms. The van der Waals surface area contributed by atoms with Crippen LogP contribution in [0.3, 0.4) is 0 Å². The molecule has 1 saturated carbocycles. The highest BCUT2D eigenvalue weighted by atomic mass is 19.4. The Kier molecular flexibility index (Phi) is 2.37.